The predicted molar refractivity (Wildman–Crippen MR) is 89.2 cm³/mol. The van der Waals surface area contributed by atoms with E-state index < -0.39 is 0 Å². The van der Waals surface area contributed by atoms with Crippen LogP contribution in [-0.2, 0) is 0 Å². The number of carbonyl (C=O) groups is 1. The van der Waals surface area contributed by atoms with Gasteiger partial charge < -0.3 is 14.6 Å². The zero-order valence-corrected chi connectivity index (χ0v) is 13.3. The van der Waals surface area contributed by atoms with E-state index in [1.165, 1.54) is 32.1 Å². The lowest BCUT2D eigenvalue weighted by Gasteiger charge is -2.31. The summed E-state index contributed by atoms with van der Waals surface area (Å²) < 4.78 is 1.98. The number of hydrogen-bond donors (Lipinski definition) is 1. The molecule has 0 aliphatic heterocycles. The van der Waals surface area contributed by atoms with Gasteiger partial charge in [0.2, 0.25) is 0 Å². The van der Waals surface area contributed by atoms with Crippen LogP contribution in [0.2, 0.25) is 0 Å². The Balaban J connectivity index is 1.49. The van der Waals surface area contributed by atoms with Gasteiger partial charge in [-0.15, -0.1) is 0 Å². The SMILES string of the molecule is CN(CCNC(=O)c1cc2ccccn2c1)C1CCCCC1. The maximum atomic E-state index is 12.2. The molecule has 1 fully saturated rings. The van der Waals surface area contributed by atoms with Crippen LogP contribution in [0.3, 0.4) is 0 Å². The molecule has 1 N–H and O–H groups in total. The second-order valence-corrected chi connectivity index (χ2v) is 6.29. The number of pyridine rings is 1. The normalized spacial score (nSPS) is 16.3. The van der Waals surface area contributed by atoms with Gasteiger partial charge in [-0.3, -0.25) is 4.79 Å². The van der Waals surface area contributed by atoms with E-state index in [0.29, 0.717) is 12.6 Å². The fraction of sp³-hybridized carbons (Fsp3) is 0.500. The number of likely N-dealkylation sites (N-methyl/N-ethyl adjacent to an activating group) is 1. The molecule has 0 unspecified atom stereocenters. The van der Waals surface area contributed by atoms with E-state index in [-0.39, 0.29) is 5.91 Å². The Bertz CT molecular complexity index is 595. The highest BCUT2D eigenvalue weighted by molar-refractivity contribution is 5.95. The molecule has 1 amide bonds. The molecule has 118 valence electrons. The molecule has 0 bridgehead atoms. The molecule has 22 heavy (non-hydrogen) atoms. The molecule has 3 rings (SSSR count). The van der Waals surface area contributed by atoms with Gasteiger partial charge in [0.15, 0.2) is 0 Å². The van der Waals surface area contributed by atoms with Crippen molar-refractivity contribution in [1.29, 1.82) is 0 Å². The minimum atomic E-state index is 0.0146. The molecule has 0 atom stereocenters. The predicted octanol–water partition coefficient (Wildman–Crippen LogP) is 2.93. The van der Waals surface area contributed by atoms with Crippen LogP contribution in [-0.4, -0.2) is 41.4 Å². The molecule has 2 heterocycles. The Morgan fingerprint density at radius 1 is 1.32 bits per heavy atom. The van der Waals surface area contributed by atoms with Crippen LogP contribution in [0.1, 0.15) is 42.5 Å². The molecule has 0 spiro atoms. The highest BCUT2D eigenvalue weighted by atomic mass is 16.1. The largest absolute Gasteiger partial charge is 0.351 e. The van der Waals surface area contributed by atoms with Crippen LogP contribution in [0, 0.1) is 0 Å². The molecule has 0 aromatic carbocycles. The van der Waals surface area contributed by atoms with E-state index in [1.54, 1.807) is 0 Å². The molecule has 1 aliphatic carbocycles. The van der Waals surface area contributed by atoms with Gasteiger partial charge in [0.1, 0.15) is 0 Å². The van der Waals surface area contributed by atoms with Gasteiger partial charge in [0, 0.05) is 37.0 Å². The number of fused-ring (bicyclic) bond motifs is 1. The fourth-order valence-electron chi connectivity index (χ4n) is 3.33. The maximum absolute atomic E-state index is 12.2. The first-order valence-corrected chi connectivity index (χ1v) is 8.29. The van der Waals surface area contributed by atoms with E-state index in [1.807, 2.05) is 41.1 Å². The van der Waals surface area contributed by atoms with Gasteiger partial charge in [-0.25, -0.2) is 0 Å². The molecule has 2 aromatic rings. The van der Waals surface area contributed by atoms with Crippen molar-refractivity contribution in [1.82, 2.24) is 14.6 Å². The van der Waals surface area contributed by atoms with E-state index in [2.05, 4.69) is 17.3 Å². The standard InChI is InChI=1S/C18H25N3O/c1-20(16-7-3-2-4-8-16)12-10-19-18(22)15-13-17-9-5-6-11-21(17)14-15/h5-6,9,11,13-14,16H,2-4,7-8,10,12H2,1H3,(H,19,22). The second kappa shape index (κ2) is 6.97. The topological polar surface area (TPSA) is 36.8 Å². The van der Waals surface area contributed by atoms with Gasteiger partial charge in [-0.2, -0.15) is 0 Å². The van der Waals surface area contributed by atoms with Crippen LogP contribution in [0.4, 0.5) is 0 Å². The fourth-order valence-corrected chi connectivity index (χ4v) is 3.33. The number of nitrogens with zero attached hydrogens (tertiary/aromatic N) is 2. The smallest absolute Gasteiger partial charge is 0.252 e. The zero-order valence-electron chi connectivity index (χ0n) is 13.3. The molecular formula is C18H25N3O. The lowest BCUT2D eigenvalue weighted by molar-refractivity contribution is 0.0944. The summed E-state index contributed by atoms with van der Waals surface area (Å²) in [6.45, 7) is 1.63. The van der Waals surface area contributed by atoms with E-state index in [4.69, 9.17) is 0 Å². The first-order valence-electron chi connectivity index (χ1n) is 8.29. The summed E-state index contributed by atoms with van der Waals surface area (Å²) in [5, 5.41) is 3.04. The van der Waals surface area contributed by atoms with Crippen LogP contribution >= 0.6 is 0 Å². The Hall–Kier alpha value is -1.81. The van der Waals surface area contributed by atoms with Crippen LogP contribution in [0.15, 0.2) is 36.7 Å². The van der Waals surface area contributed by atoms with Crippen molar-refractivity contribution in [3.63, 3.8) is 0 Å². The maximum Gasteiger partial charge on any atom is 0.252 e. The third kappa shape index (κ3) is 3.50. The zero-order chi connectivity index (χ0) is 15.4. The minimum absolute atomic E-state index is 0.0146. The minimum Gasteiger partial charge on any atom is -0.351 e. The average molecular weight is 299 g/mol. The number of rotatable bonds is 5. The van der Waals surface area contributed by atoms with Crippen molar-refractivity contribution >= 4 is 11.4 Å². The molecule has 1 saturated carbocycles. The molecular weight excluding hydrogens is 274 g/mol. The number of carbonyl (C=O) groups excluding carboxylic acids is 1. The molecule has 1 aliphatic rings. The highest BCUT2D eigenvalue weighted by Gasteiger charge is 2.17. The Morgan fingerprint density at radius 3 is 2.91 bits per heavy atom. The molecule has 4 heteroatoms. The molecule has 2 aromatic heterocycles. The summed E-state index contributed by atoms with van der Waals surface area (Å²) in [6.07, 6.45) is 10.5. The van der Waals surface area contributed by atoms with Crippen molar-refractivity contribution in [2.75, 3.05) is 20.1 Å². The van der Waals surface area contributed by atoms with Crippen LogP contribution in [0.5, 0.6) is 0 Å². The Labute approximate surface area is 132 Å². The number of hydrogen-bond acceptors (Lipinski definition) is 2. The van der Waals surface area contributed by atoms with Crippen LogP contribution < -0.4 is 5.32 Å². The summed E-state index contributed by atoms with van der Waals surface area (Å²) in [5.41, 5.74) is 1.78. The van der Waals surface area contributed by atoms with E-state index in [0.717, 1.165) is 17.6 Å². The first kappa shape index (κ1) is 15.1. The number of amides is 1. The van der Waals surface area contributed by atoms with Gasteiger partial charge >= 0.3 is 0 Å². The molecule has 0 radical (unpaired) electrons. The van der Waals surface area contributed by atoms with E-state index in [9.17, 15) is 4.79 Å². The summed E-state index contributed by atoms with van der Waals surface area (Å²) in [5.74, 6) is 0.0146. The summed E-state index contributed by atoms with van der Waals surface area (Å²) >= 11 is 0. The van der Waals surface area contributed by atoms with Gasteiger partial charge in [-0.05, 0) is 38.1 Å². The number of aromatic nitrogens is 1. The third-order valence-electron chi connectivity index (χ3n) is 4.71. The van der Waals surface area contributed by atoms with Gasteiger partial charge in [0.05, 0.1) is 5.56 Å². The summed E-state index contributed by atoms with van der Waals surface area (Å²) in [4.78, 5) is 14.6. The van der Waals surface area contributed by atoms with Crippen molar-refractivity contribution in [2.24, 2.45) is 0 Å². The summed E-state index contributed by atoms with van der Waals surface area (Å²) in [7, 11) is 2.18. The van der Waals surface area contributed by atoms with Crippen molar-refractivity contribution < 1.29 is 4.79 Å². The highest BCUT2D eigenvalue weighted by Crippen LogP contribution is 2.21. The molecule has 4 nitrogen and oxygen atoms in total. The van der Waals surface area contributed by atoms with Crippen molar-refractivity contribution in [2.45, 2.75) is 38.1 Å². The average Bonchev–Trinajstić information content (AvgIpc) is 2.99. The van der Waals surface area contributed by atoms with E-state index >= 15 is 0 Å². The van der Waals surface area contributed by atoms with Gasteiger partial charge in [-0.1, -0.05) is 25.3 Å². The van der Waals surface area contributed by atoms with Gasteiger partial charge in [0.25, 0.3) is 5.91 Å². The quantitative estimate of drug-likeness (QED) is 0.921. The third-order valence-corrected chi connectivity index (χ3v) is 4.71. The van der Waals surface area contributed by atoms with Crippen molar-refractivity contribution in [3.05, 3.63) is 42.2 Å². The lowest BCUT2D eigenvalue weighted by atomic mass is 9.94. The second-order valence-electron chi connectivity index (χ2n) is 6.29. The van der Waals surface area contributed by atoms with Crippen LogP contribution in [0.25, 0.3) is 5.52 Å². The summed E-state index contributed by atoms with van der Waals surface area (Å²) in [6, 6.07) is 8.58. The Morgan fingerprint density at radius 2 is 2.14 bits per heavy atom. The first-order chi connectivity index (χ1) is 10.7. The monoisotopic (exact) mass is 299 g/mol. The molecule has 0 saturated heterocycles. The van der Waals surface area contributed by atoms with Crippen molar-refractivity contribution in [3.8, 4) is 0 Å². The lowest BCUT2D eigenvalue weighted by Crippen LogP contribution is -2.39. The number of nitrogens with one attached hydrogen (secondary N) is 1. The Kier molecular flexibility index (Phi) is 4.78.